The minimum absolute atomic E-state index is 0.128. The van der Waals surface area contributed by atoms with Crippen molar-refractivity contribution >= 4 is 21.6 Å². The zero-order chi connectivity index (χ0) is 20.7. The van der Waals surface area contributed by atoms with Gasteiger partial charge in [0.25, 0.3) is 0 Å². The predicted molar refractivity (Wildman–Crippen MR) is 110 cm³/mol. The Balaban J connectivity index is 1.85. The SMILES string of the molecule is Cc1ccc(C)c(N(CCCC(=O)NCCc2ccc(F)cc2)S(C)(=O)=O)c1. The molecule has 2 aromatic carbocycles. The molecular formula is C21H27FN2O3S. The van der Waals surface area contributed by atoms with Crippen LogP contribution in [-0.4, -0.2) is 33.7 Å². The summed E-state index contributed by atoms with van der Waals surface area (Å²) in [5.41, 5.74) is 3.45. The molecule has 0 saturated carbocycles. The molecule has 152 valence electrons. The van der Waals surface area contributed by atoms with E-state index in [-0.39, 0.29) is 24.7 Å². The summed E-state index contributed by atoms with van der Waals surface area (Å²) in [6, 6.07) is 11.8. The molecule has 1 amide bonds. The molecule has 0 fully saturated rings. The Morgan fingerprint density at radius 1 is 1.11 bits per heavy atom. The summed E-state index contributed by atoms with van der Waals surface area (Å²) in [7, 11) is -3.44. The van der Waals surface area contributed by atoms with Crippen LogP contribution < -0.4 is 9.62 Å². The summed E-state index contributed by atoms with van der Waals surface area (Å²) in [5.74, 6) is -0.413. The molecule has 0 aliphatic heterocycles. The molecule has 0 radical (unpaired) electrons. The maximum atomic E-state index is 12.9. The van der Waals surface area contributed by atoms with Crippen molar-refractivity contribution in [2.24, 2.45) is 0 Å². The van der Waals surface area contributed by atoms with Crippen LogP contribution in [0.3, 0.4) is 0 Å². The number of halogens is 1. The van der Waals surface area contributed by atoms with Gasteiger partial charge < -0.3 is 5.32 Å². The van der Waals surface area contributed by atoms with Crippen molar-refractivity contribution in [3.8, 4) is 0 Å². The van der Waals surface area contributed by atoms with Crippen molar-refractivity contribution in [1.29, 1.82) is 0 Å². The van der Waals surface area contributed by atoms with Crippen LogP contribution in [0.25, 0.3) is 0 Å². The Labute approximate surface area is 166 Å². The summed E-state index contributed by atoms with van der Waals surface area (Å²) in [6.07, 6.45) is 2.45. The van der Waals surface area contributed by atoms with E-state index in [1.807, 2.05) is 32.0 Å². The zero-order valence-corrected chi connectivity index (χ0v) is 17.4. The number of nitrogens with zero attached hydrogens (tertiary/aromatic N) is 1. The van der Waals surface area contributed by atoms with Gasteiger partial charge >= 0.3 is 0 Å². The lowest BCUT2D eigenvalue weighted by Gasteiger charge is -2.24. The van der Waals surface area contributed by atoms with Crippen molar-refractivity contribution in [1.82, 2.24) is 5.32 Å². The number of anilines is 1. The number of sulfonamides is 1. The summed E-state index contributed by atoms with van der Waals surface area (Å²) in [6.45, 7) is 4.48. The monoisotopic (exact) mass is 406 g/mol. The molecule has 0 aliphatic rings. The molecule has 5 nitrogen and oxygen atoms in total. The van der Waals surface area contributed by atoms with Gasteiger partial charge in [-0.2, -0.15) is 0 Å². The number of amides is 1. The van der Waals surface area contributed by atoms with E-state index in [2.05, 4.69) is 5.32 Å². The molecule has 0 heterocycles. The van der Waals surface area contributed by atoms with E-state index in [0.717, 1.165) is 16.7 Å². The summed E-state index contributed by atoms with van der Waals surface area (Å²) in [5, 5.41) is 2.82. The molecule has 0 aromatic heterocycles. The highest BCUT2D eigenvalue weighted by molar-refractivity contribution is 7.92. The molecule has 0 bridgehead atoms. The van der Waals surface area contributed by atoms with Gasteiger partial charge in [0.15, 0.2) is 0 Å². The fourth-order valence-corrected chi connectivity index (χ4v) is 3.94. The topological polar surface area (TPSA) is 66.5 Å². The third-order valence-electron chi connectivity index (χ3n) is 4.45. The van der Waals surface area contributed by atoms with E-state index in [1.54, 1.807) is 12.1 Å². The summed E-state index contributed by atoms with van der Waals surface area (Å²) >= 11 is 0. The van der Waals surface area contributed by atoms with Gasteiger partial charge in [-0.1, -0.05) is 24.3 Å². The standard InChI is InChI=1S/C21H27FN2O3S/c1-16-6-7-17(2)20(15-16)24(28(3,26)27)14-4-5-21(25)23-13-12-18-8-10-19(22)11-9-18/h6-11,15H,4-5,12-14H2,1-3H3,(H,23,25). The van der Waals surface area contributed by atoms with Gasteiger partial charge in [0.05, 0.1) is 11.9 Å². The Bertz CT molecular complexity index is 912. The smallest absolute Gasteiger partial charge is 0.232 e. The molecule has 28 heavy (non-hydrogen) atoms. The molecule has 0 unspecified atom stereocenters. The second-order valence-electron chi connectivity index (χ2n) is 6.96. The lowest BCUT2D eigenvalue weighted by atomic mass is 10.1. The van der Waals surface area contributed by atoms with Gasteiger partial charge in [0.2, 0.25) is 15.9 Å². The predicted octanol–water partition coefficient (Wildman–Crippen LogP) is 3.35. The molecule has 2 rings (SSSR count). The summed E-state index contributed by atoms with van der Waals surface area (Å²) in [4.78, 5) is 12.0. The Hall–Kier alpha value is -2.41. The van der Waals surface area contributed by atoms with Crippen LogP contribution in [0, 0.1) is 19.7 Å². The van der Waals surface area contributed by atoms with E-state index < -0.39 is 10.0 Å². The lowest BCUT2D eigenvalue weighted by molar-refractivity contribution is -0.121. The largest absolute Gasteiger partial charge is 0.356 e. The summed E-state index contributed by atoms with van der Waals surface area (Å²) < 4.78 is 38.7. The minimum atomic E-state index is -3.44. The number of benzene rings is 2. The fraction of sp³-hybridized carbons (Fsp3) is 0.381. The average molecular weight is 407 g/mol. The molecule has 7 heteroatoms. The highest BCUT2D eigenvalue weighted by atomic mass is 32.2. The first-order chi connectivity index (χ1) is 13.2. The van der Waals surface area contributed by atoms with E-state index in [1.165, 1.54) is 22.7 Å². The van der Waals surface area contributed by atoms with Crippen LogP contribution in [0.1, 0.15) is 29.5 Å². The number of hydrogen-bond donors (Lipinski definition) is 1. The van der Waals surface area contributed by atoms with Crippen molar-refractivity contribution in [2.45, 2.75) is 33.1 Å². The second-order valence-corrected chi connectivity index (χ2v) is 8.86. The first-order valence-corrected chi connectivity index (χ1v) is 11.1. The quantitative estimate of drug-likeness (QED) is 0.695. The van der Waals surface area contributed by atoms with Crippen molar-refractivity contribution in [2.75, 3.05) is 23.7 Å². The van der Waals surface area contributed by atoms with Gasteiger partial charge in [0.1, 0.15) is 5.82 Å². The van der Waals surface area contributed by atoms with Crippen LogP contribution in [0.15, 0.2) is 42.5 Å². The highest BCUT2D eigenvalue weighted by Gasteiger charge is 2.19. The van der Waals surface area contributed by atoms with Gasteiger partial charge in [-0.05, 0) is 61.6 Å². The van der Waals surface area contributed by atoms with Crippen LogP contribution in [-0.2, 0) is 21.2 Å². The molecule has 0 saturated heterocycles. The highest BCUT2D eigenvalue weighted by Crippen LogP contribution is 2.24. The Morgan fingerprint density at radius 2 is 1.79 bits per heavy atom. The first kappa shape index (κ1) is 21.9. The maximum Gasteiger partial charge on any atom is 0.232 e. The van der Waals surface area contributed by atoms with Gasteiger partial charge in [0, 0.05) is 19.5 Å². The van der Waals surface area contributed by atoms with Gasteiger partial charge in [-0.3, -0.25) is 9.10 Å². The van der Waals surface area contributed by atoms with Gasteiger partial charge in [-0.15, -0.1) is 0 Å². The number of aryl methyl sites for hydroxylation is 2. The maximum absolute atomic E-state index is 12.9. The molecule has 0 spiro atoms. The molecular weight excluding hydrogens is 379 g/mol. The first-order valence-electron chi connectivity index (χ1n) is 9.23. The minimum Gasteiger partial charge on any atom is -0.356 e. The molecule has 0 atom stereocenters. The van der Waals surface area contributed by atoms with Crippen molar-refractivity contribution in [3.63, 3.8) is 0 Å². The molecule has 0 aliphatic carbocycles. The van der Waals surface area contributed by atoms with Crippen molar-refractivity contribution < 1.29 is 17.6 Å². The lowest BCUT2D eigenvalue weighted by Crippen LogP contribution is -2.33. The molecule has 2 aromatic rings. The molecule has 1 N–H and O–H groups in total. The number of carbonyl (C=O) groups excluding carboxylic acids is 1. The van der Waals surface area contributed by atoms with Gasteiger partial charge in [-0.25, -0.2) is 12.8 Å². The van der Waals surface area contributed by atoms with Crippen LogP contribution in [0.2, 0.25) is 0 Å². The zero-order valence-electron chi connectivity index (χ0n) is 16.5. The average Bonchev–Trinajstić information content (AvgIpc) is 2.62. The van der Waals surface area contributed by atoms with E-state index in [4.69, 9.17) is 0 Å². The van der Waals surface area contributed by atoms with Crippen LogP contribution >= 0.6 is 0 Å². The van der Waals surface area contributed by atoms with Crippen LogP contribution in [0.4, 0.5) is 10.1 Å². The second kappa shape index (κ2) is 9.68. The van der Waals surface area contributed by atoms with E-state index >= 15 is 0 Å². The number of carbonyl (C=O) groups is 1. The van der Waals surface area contributed by atoms with E-state index in [0.29, 0.717) is 25.1 Å². The Morgan fingerprint density at radius 3 is 2.43 bits per heavy atom. The fourth-order valence-electron chi connectivity index (χ4n) is 2.92. The van der Waals surface area contributed by atoms with E-state index in [9.17, 15) is 17.6 Å². The normalized spacial score (nSPS) is 11.3. The number of rotatable bonds is 9. The number of nitrogens with one attached hydrogen (secondary N) is 1. The number of hydrogen-bond acceptors (Lipinski definition) is 3. The third kappa shape index (κ3) is 6.64. The van der Waals surface area contributed by atoms with Crippen molar-refractivity contribution in [3.05, 3.63) is 65.0 Å². The Kier molecular flexibility index (Phi) is 7.57. The van der Waals surface area contributed by atoms with Crippen LogP contribution in [0.5, 0.6) is 0 Å². The third-order valence-corrected chi connectivity index (χ3v) is 5.63.